The lowest BCUT2D eigenvalue weighted by molar-refractivity contribution is -0.121. The molecule has 2 N–H and O–H groups in total. The van der Waals surface area contributed by atoms with Gasteiger partial charge in [-0.15, -0.1) is 0 Å². The van der Waals surface area contributed by atoms with Crippen molar-refractivity contribution in [3.63, 3.8) is 0 Å². The number of hydrogen-bond donors (Lipinski definition) is 2. The van der Waals surface area contributed by atoms with Crippen LogP contribution in [-0.2, 0) is 4.79 Å². The minimum atomic E-state index is 0.111. The highest BCUT2D eigenvalue weighted by Gasteiger charge is 2.15. The Morgan fingerprint density at radius 3 is 2.68 bits per heavy atom. The Labute approximate surface area is 148 Å². The Bertz CT molecular complexity index is 698. The number of aryl methyl sites for hydroxylation is 1. The maximum absolute atomic E-state index is 12.1. The second kappa shape index (κ2) is 8.55. The molecule has 1 fully saturated rings. The SMILES string of the molecule is Cc1cc(NCCC(=O)NC2CCCCC2)nc(-c2ccncc2)n1. The molecule has 2 heterocycles. The van der Waals surface area contributed by atoms with Gasteiger partial charge in [-0.2, -0.15) is 0 Å². The number of anilines is 1. The van der Waals surface area contributed by atoms with E-state index in [-0.39, 0.29) is 5.91 Å². The quantitative estimate of drug-likeness (QED) is 0.845. The Hall–Kier alpha value is -2.50. The molecule has 0 atom stereocenters. The fourth-order valence-electron chi connectivity index (χ4n) is 3.14. The second-order valence-corrected chi connectivity index (χ2v) is 6.53. The van der Waals surface area contributed by atoms with Crippen LogP contribution in [0.25, 0.3) is 11.4 Å². The molecule has 0 radical (unpaired) electrons. The molecule has 6 nitrogen and oxygen atoms in total. The van der Waals surface area contributed by atoms with Crippen LogP contribution in [0.2, 0.25) is 0 Å². The molecule has 132 valence electrons. The number of carbonyl (C=O) groups is 1. The predicted molar refractivity (Wildman–Crippen MR) is 98.1 cm³/mol. The van der Waals surface area contributed by atoms with Gasteiger partial charge in [0.25, 0.3) is 0 Å². The maximum atomic E-state index is 12.1. The van der Waals surface area contributed by atoms with Gasteiger partial charge in [-0.05, 0) is 31.9 Å². The predicted octanol–water partition coefficient (Wildman–Crippen LogP) is 3.10. The molecule has 1 amide bonds. The molecule has 2 aromatic rings. The van der Waals surface area contributed by atoms with Crippen LogP contribution in [0.4, 0.5) is 5.82 Å². The molecule has 6 heteroatoms. The number of carbonyl (C=O) groups excluding carboxylic acids is 1. The first-order valence-corrected chi connectivity index (χ1v) is 9.00. The first-order chi connectivity index (χ1) is 12.2. The lowest BCUT2D eigenvalue weighted by Gasteiger charge is -2.22. The van der Waals surface area contributed by atoms with E-state index in [2.05, 4.69) is 25.6 Å². The standard InChI is InChI=1S/C19H25N5O/c1-14-13-17(24-19(22-14)15-7-10-20-11-8-15)21-12-9-18(25)23-16-5-3-2-4-6-16/h7-8,10-11,13,16H,2-6,9,12H2,1H3,(H,23,25)(H,21,22,24). The van der Waals surface area contributed by atoms with Crippen molar-refractivity contribution >= 4 is 11.7 Å². The van der Waals surface area contributed by atoms with Crippen LogP contribution in [0.3, 0.4) is 0 Å². The topological polar surface area (TPSA) is 79.8 Å². The van der Waals surface area contributed by atoms with Gasteiger partial charge in [0, 0.05) is 48.7 Å². The van der Waals surface area contributed by atoms with Gasteiger partial charge in [0.05, 0.1) is 0 Å². The van der Waals surface area contributed by atoms with Gasteiger partial charge in [-0.3, -0.25) is 9.78 Å². The number of aromatic nitrogens is 3. The summed E-state index contributed by atoms with van der Waals surface area (Å²) < 4.78 is 0. The van der Waals surface area contributed by atoms with Crippen LogP contribution < -0.4 is 10.6 Å². The van der Waals surface area contributed by atoms with Crippen molar-refractivity contribution in [1.29, 1.82) is 0 Å². The number of amides is 1. The number of hydrogen-bond acceptors (Lipinski definition) is 5. The summed E-state index contributed by atoms with van der Waals surface area (Å²) in [5.41, 5.74) is 1.81. The summed E-state index contributed by atoms with van der Waals surface area (Å²) >= 11 is 0. The van der Waals surface area contributed by atoms with E-state index in [1.54, 1.807) is 12.4 Å². The molecule has 3 rings (SSSR count). The van der Waals surface area contributed by atoms with Crippen LogP contribution in [0.1, 0.15) is 44.2 Å². The van der Waals surface area contributed by atoms with Gasteiger partial charge < -0.3 is 10.6 Å². The van der Waals surface area contributed by atoms with E-state index in [0.717, 1.165) is 29.9 Å². The van der Waals surface area contributed by atoms with Crippen LogP contribution in [-0.4, -0.2) is 33.4 Å². The highest BCUT2D eigenvalue weighted by molar-refractivity contribution is 5.76. The van der Waals surface area contributed by atoms with Gasteiger partial charge in [0.1, 0.15) is 5.82 Å². The molecule has 1 saturated carbocycles. The lowest BCUT2D eigenvalue weighted by atomic mass is 9.95. The smallest absolute Gasteiger partial charge is 0.221 e. The second-order valence-electron chi connectivity index (χ2n) is 6.53. The summed E-state index contributed by atoms with van der Waals surface area (Å²) in [5.74, 6) is 1.51. The summed E-state index contributed by atoms with van der Waals surface area (Å²) in [6, 6.07) is 6.02. The van der Waals surface area contributed by atoms with Crippen molar-refractivity contribution in [3.8, 4) is 11.4 Å². The molecule has 2 aromatic heterocycles. The minimum absolute atomic E-state index is 0.111. The third-order valence-electron chi connectivity index (χ3n) is 4.42. The van der Waals surface area contributed by atoms with Crippen molar-refractivity contribution < 1.29 is 4.79 Å². The van der Waals surface area contributed by atoms with Gasteiger partial charge in [-0.1, -0.05) is 19.3 Å². The van der Waals surface area contributed by atoms with Crippen molar-refractivity contribution in [2.24, 2.45) is 0 Å². The zero-order valence-electron chi connectivity index (χ0n) is 14.7. The molecule has 0 aliphatic heterocycles. The summed E-state index contributed by atoms with van der Waals surface area (Å²) in [5, 5.41) is 6.37. The van der Waals surface area contributed by atoms with Crippen LogP contribution in [0.5, 0.6) is 0 Å². The normalized spacial score (nSPS) is 14.9. The molecule has 0 saturated heterocycles. The Morgan fingerprint density at radius 2 is 1.92 bits per heavy atom. The summed E-state index contributed by atoms with van der Waals surface area (Å²) in [4.78, 5) is 25.1. The van der Waals surface area contributed by atoms with Crippen molar-refractivity contribution in [2.45, 2.75) is 51.5 Å². The third kappa shape index (κ3) is 5.24. The molecule has 0 aromatic carbocycles. The average Bonchev–Trinajstić information content (AvgIpc) is 2.63. The first-order valence-electron chi connectivity index (χ1n) is 9.00. The summed E-state index contributed by atoms with van der Waals surface area (Å²) in [6.07, 6.45) is 9.86. The highest BCUT2D eigenvalue weighted by Crippen LogP contribution is 2.18. The van der Waals surface area contributed by atoms with E-state index in [0.29, 0.717) is 24.8 Å². The zero-order chi connectivity index (χ0) is 17.5. The Kier molecular flexibility index (Phi) is 5.93. The molecule has 1 aliphatic rings. The van der Waals surface area contributed by atoms with Gasteiger partial charge >= 0.3 is 0 Å². The fraction of sp³-hybridized carbons (Fsp3) is 0.474. The zero-order valence-corrected chi connectivity index (χ0v) is 14.7. The lowest BCUT2D eigenvalue weighted by Crippen LogP contribution is -2.36. The van der Waals surface area contributed by atoms with Crippen molar-refractivity contribution in [2.75, 3.05) is 11.9 Å². The molecular weight excluding hydrogens is 314 g/mol. The minimum Gasteiger partial charge on any atom is -0.369 e. The number of nitrogens with one attached hydrogen (secondary N) is 2. The van der Waals surface area contributed by atoms with Gasteiger partial charge in [0.15, 0.2) is 5.82 Å². The van der Waals surface area contributed by atoms with E-state index < -0.39 is 0 Å². The third-order valence-corrected chi connectivity index (χ3v) is 4.42. The van der Waals surface area contributed by atoms with Crippen LogP contribution >= 0.6 is 0 Å². The van der Waals surface area contributed by atoms with E-state index >= 15 is 0 Å². The molecule has 0 spiro atoms. The van der Waals surface area contributed by atoms with Crippen molar-refractivity contribution in [1.82, 2.24) is 20.3 Å². The maximum Gasteiger partial charge on any atom is 0.221 e. The first kappa shape index (κ1) is 17.3. The van der Waals surface area contributed by atoms with E-state index in [4.69, 9.17) is 0 Å². The number of rotatable bonds is 6. The summed E-state index contributed by atoms with van der Waals surface area (Å²) in [6.45, 7) is 2.50. The Balaban J connectivity index is 1.52. The van der Waals surface area contributed by atoms with E-state index in [1.807, 2.05) is 25.1 Å². The molecule has 0 unspecified atom stereocenters. The van der Waals surface area contributed by atoms with Crippen LogP contribution in [0, 0.1) is 6.92 Å². The summed E-state index contributed by atoms with van der Waals surface area (Å²) in [7, 11) is 0. The Morgan fingerprint density at radius 1 is 1.16 bits per heavy atom. The largest absolute Gasteiger partial charge is 0.369 e. The number of pyridine rings is 1. The fourth-order valence-corrected chi connectivity index (χ4v) is 3.14. The number of nitrogens with zero attached hydrogens (tertiary/aromatic N) is 3. The van der Waals surface area contributed by atoms with Gasteiger partial charge in [0.2, 0.25) is 5.91 Å². The van der Waals surface area contributed by atoms with Crippen LogP contribution in [0.15, 0.2) is 30.6 Å². The molecule has 1 aliphatic carbocycles. The monoisotopic (exact) mass is 339 g/mol. The molecule has 25 heavy (non-hydrogen) atoms. The van der Waals surface area contributed by atoms with Crippen molar-refractivity contribution in [3.05, 3.63) is 36.3 Å². The highest BCUT2D eigenvalue weighted by atomic mass is 16.1. The van der Waals surface area contributed by atoms with Gasteiger partial charge in [-0.25, -0.2) is 9.97 Å². The molecule has 0 bridgehead atoms. The van der Waals surface area contributed by atoms with E-state index in [1.165, 1.54) is 19.3 Å². The molecular formula is C19H25N5O. The average molecular weight is 339 g/mol. The van der Waals surface area contributed by atoms with E-state index in [9.17, 15) is 4.79 Å².